The summed E-state index contributed by atoms with van der Waals surface area (Å²) in [5.41, 5.74) is 16.0. The number of benzene rings is 7. The van der Waals surface area contributed by atoms with Crippen LogP contribution >= 0.6 is 23.1 Å². The number of fused-ring (bicyclic) bond motifs is 12. The Morgan fingerprint density at radius 3 is 2.31 bits per heavy atom. The van der Waals surface area contributed by atoms with Gasteiger partial charge in [0.2, 0.25) is 0 Å². The third-order valence-electron chi connectivity index (χ3n) is 12.4. The van der Waals surface area contributed by atoms with E-state index in [2.05, 4.69) is 182 Å². The van der Waals surface area contributed by atoms with E-state index in [0.717, 1.165) is 0 Å². The lowest BCUT2D eigenvalue weighted by molar-refractivity contribution is 0.660. The topological polar surface area (TPSA) is 4.93 Å². The number of thioether (sulfide) groups is 1. The van der Waals surface area contributed by atoms with E-state index < -0.39 is 0 Å². The van der Waals surface area contributed by atoms with Gasteiger partial charge in [0.25, 0.3) is 0 Å². The highest BCUT2D eigenvalue weighted by atomic mass is 32.2. The third-order valence-corrected chi connectivity index (χ3v) is 14.9. The fourth-order valence-corrected chi connectivity index (χ4v) is 12.4. The van der Waals surface area contributed by atoms with Gasteiger partial charge in [0.1, 0.15) is 0 Å². The molecule has 0 N–H and O–H groups in total. The molecule has 0 spiro atoms. The van der Waals surface area contributed by atoms with Crippen LogP contribution in [0.2, 0.25) is 0 Å². The molecule has 3 heterocycles. The number of rotatable bonds is 3. The summed E-state index contributed by atoms with van der Waals surface area (Å²) in [4.78, 5) is 1.41. The van der Waals surface area contributed by atoms with Crippen molar-refractivity contribution < 1.29 is 0 Å². The Hall–Kier alpha value is -5.61. The molecule has 9 aromatic rings. The molecule has 1 nitrogen and oxygen atoms in total. The van der Waals surface area contributed by atoms with Crippen LogP contribution in [-0.2, 0) is 5.41 Å². The number of para-hydroxylation sites is 1. The van der Waals surface area contributed by atoms with Gasteiger partial charge in [-0.3, -0.25) is 0 Å². The fraction of sp³-hybridized carbons (Fsp3) is 0.0980. The molecule has 0 amide bonds. The van der Waals surface area contributed by atoms with Crippen LogP contribution in [0.1, 0.15) is 42.0 Å². The number of nitrogens with zero attached hydrogens (tertiary/aromatic N) is 1. The van der Waals surface area contributed by atoms with Crippen molar-refractivity contribution >= 4 is 70.6 Å². The first-order chi connectivity index (χ1) is 26.5. The van der Waals surface area contributed by atoms with E-state index in [1.54, 1.807) is 0 Å². The van der Waals surface area contributed by atoms with Crippen molar-refractivity contribution in [2.75, 3.05) is 0 Å². The Kier molecular flexibility index (Phi) is 6.39. The van der Waals surface area contributed by atoms with Crippen molar-refractivity contribution in [1.29, 1.82) is 0 Å². The van der Waals surface area contributed by atoms with E-state index in [0.29, 0.717) is 11.2 Å². The number of allylic oxidation sites excluding steroid dienone is 3. The van der Waals surface area contributed by atoms with Gasteiger partial charge < -0.3 is 4.57 Å². The fourth-order valence-electron chi connectivity index (χ4n) is 9.87. The number of aromatic nitrogens is 1. The number of hydrogen-bond donors (Lipinski definition) is 0. The molecule has 1 aliphatic heterocycles. The maximum absolute atomic E-state index is 2.48. The molecule has 0 radical (unpaired) electrons. The lowest BCUT2D eigenvalue weighted by Gasteiger charge is -2.24. The molecule has 0 saturated heterocycles. The second-order valence-corrected chi connectivity index (χ2v) is 17.9. The second kappa shape index (κ2) is 11.2. The monoisotopic (exact) mass is 725 g/mol. The SMILES string of the molecule is CC1(C)c2ccccc2-c2ccc(-c3ccc4c(c3)c3ccccc3n4-c3ccc4sc5cccc(C6=CC=CC7Sc8ccccc8C67)c5c4c3)cc21. The smallest absolute Gasteiger partial charge is 0.0541 e. The first-order valence-electron chi connectivity index (χ1n) is 18.9. The van der Waals surface area contributed by atoms with Gasteiger partial charge in [-0.05, 0) is 105 Å². The van der Waals surface area contributed by atoms with Crippen molar-refractivity contribution in [1.82, 2.24) is 4.57 Å². The molecule has 0 fully saturated rings. The van der Waals surface area contributed by atoms with Crippen molar-refractivity contribution in [2.45, 2.75) is 35.3 Å². The van der Waals surface area contributed by atoms with Gasteiger partial charge in [-0.15, -0.1) is 23.1 Å². The molecule has 0 saturated carbocycles. The summed E-state index contributed by atoms with van der Waals surface area (Å²) in [5.74, 6) is 0.360. The van der Waals surface area contributed by atoms with Crippen LogP contribution in [-0.4, -0.2) is 9.82 Å². The van der Waals surface area contributed by atoms with E-state index >= 15 is 0 Å². The first-order valence-corrected chi connectivity index (χ1v) is 20.6. The molecule has 2 aromatic heterocycles. The molecule has 256 valence electrons. The van der Waals surface area contributed by atoms with Crippen molar-refractivity contribution in [3.63, 3.8) is 0 Å². The summed E-state index contributed by atoms with van der Waals surface area (Å²) in [7, 11) is 0. The minimum absolute atomic E-state index is 0.0289. The van der Waals surface area contributed by atoms with Gasteiger partial charge in [0.05, 0.1) is 11.0 Å². The Labute approximate surface area is 322 Å². The average Bonchev–Trinajstić information content (AvgIpc) is 3.94. The predicted octanol–water partition coefficient (Wildman–Crippen LogP) is 14.3. The van der Waals surface area contributed by atoms with Gasteiger partial charge in [-0.25, -0.2) is 0 Å². The Balaban J connectivity index is 1.02. The minimum atomic E-state index is -0.0289. The zero-order valence-electron chi connectivity index (χ0n) is 30.0. The van der Waals surface area contributed by atoms with Crippen LogP contribution < -0.4 is 0 Å². The predicted molar refractivity (Wildman–Crippen MR) is 233 cm³/mol. The van der Waals surface area contributed by atoms with Gasteiger partial charge in [0.15, 0.2) is 0 Å². The molecular weight excluding hydrogens is 691 g/mol. The summed E-state index contributed by atoms with van der Waals surface area (Å²) in [6.07, 6.45) is 7.04. The highest BCUT2D eigenvalue weighted by molar-refractivity contribution is 8.00. The standard InChI is InChI=1S/C51H35NS2/c1-51(2)41-16-6-3-11-33(41)34-24-21-31(28-42(34)51)30-22-25-44-39(27-30)35-12-4-7-17-43(35)52(44)32-23-26-46-40(29-32)50-37(15-10-20-48(50)54-46)36-14-9-19-47-49(36)38-13-5-8-18-45(38)53-47/h3-29,47,49H,1-2H3. The maximum atomic E-state index is 2.48. The maximum Gasteiger partial charge on any atom is 0.0541 e. The summed E-state index contributed by atoms with van der Waals surface area (Å²) >= 11 is 3.91. The minimum Gasteiger partial charge on any atom is -0.309 e. The third kappa shape index (κ3) is 4.23. The van der Waals surface area contributed by atoms with Crippen LogP contribution in [0.5, 0.6) is 0 Å². The quantitative estimate of drug-likeness (QED) is 0.176. The van der Waals surface area contributed by atoms with Crippen LogP contribution in [0, 0.1) is 0 Å². The summed E-state index contributed by atoms with van der Waals surface area (Å²) < 4.78 is 5.15. The highest BCUT2D eigenvalue weighted by Crippen LogP contribution is 2.55. The van der Waals surface area contributed by atoms with Crippen LogP contribution in [0.25, 0.3) is 75.5 Å². The lowest BCUT2D eigenvalue weighted by Crippen LogP contribution is -2.14. The van der Waals surface area contributed by atoms with Crippen molar-refractivity contribution in [3.8, 4) is 27.9 Å². The first kappa shape index (κ1) is 30.8. The van der Waals surface area contributed by atoms with Gasteiger partial charge >= 0.3 is 0 Å². The van der Waals surface area contributed by atoms with E-state index in [1.807, 2.05) is 23.1 Å². The number of thiophene rings is 1. The Morgan fingerprint density at radius 1 is 0.574 bits per heavy atom. The molecule has 3 aliphatic rings. The lowest BCUT2D eigenvalue weighted by atomic mass is 9.80. The molecule has 2 unspecified atom stereocenters. The number of hydrogen-bond acceptors (Lipinski definition) is 2. The molecule has 3 heteroatoms. The van der Waals surface area contributed by atoms with Gasteiger partial charge in [0, 0.05) is 58.1 Å². The molecule has 12 rings (SSSR count). The van der Waals surface area contributed by atoms with Crippen molar-refractivity contribution in [2.24, 2.45) is 0 Å². The largest absolute Gasteiger partial charge is 0.309 e. The van der Waals surface area contributed by atoms with E-state index in [9.17, 15) is 0 Å². The molecular formula is C51H35NS2. The van der Waals surface area contributed by atoms with E-state index in [4.69, 9.17) is 0 Å². The normalized spacial score (nSPS) is 17.9. The molecule has 2 aliphatic carbocycles. The van der Waals surface area contributed by atoms with E-state index in [1.165, 1.54) is 103 Å². The van der Waals surface area contributed by atoms with Crippen LogP contribution in [0.4, 0.5) is 0 Å². The highest BCUT2D eigenvalue weighted by Gasteiger charge is 2.37. The molecule has 7 aromatic carbocycles. The molecule has 2 atom stereocenters. The van der Waals surface area contributed by atoms with E-state index in [-0.39, 0.29) is 5.41 Å². The summed E-state index contributed by atoms with van der Waals surface area (Å²) in [6, 6.07) is 55.0. The van der Waals surface area contributed by atoms with Crippen LogP contribution in [0.3, 0.4) is 0 Å². The van der Waals surface area contributed by atoms with Crippen LogP contribution in [0.15, 0.2) is 169 Å². The Bertz CT molecular complexity index is 3130. The zero-order valence-corrected chi connectivity index (χ0v) is 31.6. The average molecular weight is 726 g/mol. The van der Waals surface area contributed by atoms with Gasteiger partial charge in [-0.1, -0.05) is 123 Å². The van der Waals surface area contributed by atoms with Gasteiger partial charge in [-0.2, -0.15) is 0 Å². The molecule has 54 heavy (non-hydrogen) atoms. The molecule has 0 bridgehead atoms. The Morgan fingerprint density at radius 2 is 1.35 bits per heavy atom. The zero-order chi connectivity index (χ0) is 35.7. The summed E-state index contributed by atoms with van der Waals surface area (Å²) in [5, 5.41) is 5.70. The second-order valence-electron chi connectivity index (χ2n) is 15.6. The summed E-state index contributed by atoms with van der Waals surface area (Å²) in [6.45, 7) is 4.73. The van der Waals surface area contributed by atoms with Crippen molar-refractivity contribution in [3.05, 3.63) is 186 Å².